The molecule has 25 heavy (non-hydrogen) atoms. The van der Waals surface area contributed by atoms with E-state index in [-0.39, 0.29) is 0 Å². The standard InChI is InChI=1S/C21H24N2OS/c1-3-4-5-16-6-10-18(11-7-16)22-14-20-15-23-21(25-20)17-8-12-19(24-2)13-9-17/h6-13,15,22H,3-5,14H2,1-2H3. The first-order chi connectivity index (χ1) is 12.3. The van der Waals surface area contributed by atoms with Crippen LogP contribution in [0.1, 0.15) is 30.2 Å². The number of nitrogens with one attached hydrogen (secondary N) is 1. The van der Waals surface area contributed by atoms with E-state index in [4.69, 9.17) is 4.74 Å². The maximum Gasteiger partial charge on any atom is 0.123 e. The van der Waals surface area contributed by atoms with Crippen molar-refractivity contribution in [2.75, 3.05) is 12.4 Å². The zero-order valence-corrected chi connectivity index (χ0v) is 15.6. The molecule has 0 atom stereocenters. The number of aryl methyl sites for hydroxylation is 1. The maximum absolute atomic E-state index is 5.20. The molecular formula is C21H24N2OS. The van der Waals surface area contributed by atoms with Crippen molar-refractivity contribution >= 4 is 17.0 Å². The SMILES string of the molecule is CCCCc1ccc(NCc2cnc(-c3ccc(OC)cc3)s2)cc1. The number of thiazole rings is 1. The van der Waals surface area contributed by atoms with Crippen molar-refractivity contribution < 1.29 is 4.74 Å². The van der Waals surface area contributed by atoms with Gasteiger partial charge in [0.25, 0.3) is 0 Å². The molecule has 0 saturated carbocycles. The molecule has 130 valence electrons. The van der Waals surface area contributed by atoms with Crippen LogP contribution in [-0.4, -0.2) is 12.1 Å². The van der Waals surface area contributed by atoms with E-state index >= 15 is 0 Å². The Kier molecular flexibility index (Phi) is 6.07. The van der Waals surface area contributed by atoms with Crippen LogP contribution >= 0.6 is 11.3 Å². The van der Waals surface area contributed by atoms with Gasteiger partial charge < -0.3 is 10.1 Å². The maximum atomic E-state index is 5.20. The Hall–Kier alpha value is -2.33. The van der Waals surface area contributed by atoms with Gasteiger partial charge >= 0.3 is 0 Å². The van der Waals surface area contributed by atoms with E-state index in [1.807, 2.05) is 30.5 Å². The lowest BCUT2D eigenvalue weighted by Crippen LogP contribution is -1.97. The second kappa shape index (κ2) is 8.67. The predicted molar refractivity (Wildman–Crippen MR) is 106 cm³/mol. The van der Waals surface area contributed by atoms with Gasteiger partial charge in [0.15, 0.2) is 0 Å². The normalized spacial score (nSPS) is 10.6. The van der Waals surface area contributed by atoms with Crippen molar-refractivity contribution in [2.45, 2.75) is 32.7 Å². The zero-order valence-electron chi connectivity index (χ0n) is 14.8. The summed E-state index contributed by atoms with van der Waals surface area (Å²) in [6.07, 6.45) is 5.60. The summed E-state index contributed by atoms with van der Waals surface area (Å²) in [6.45, 7) is 3.02. The summed E-state index contributed by atoms with van der Waals surface area (Å²) in [6, 6.07) is 16.8. The minimum Gasteiger partial charge on any atom is -0.497 e. The smallest absolute Gasteiger partial charge is 0.123 e. The van der Waals surface area contributed by atoms with E-state index in [1.165, 1.54) is 23.3 Å². The van der Waals surface area contributed by atoms with Gasteiger partial charge in [-0.2, -0.15) is 0 Å². The molecule has 3 rings (SSSR count). The second-order valence-corrected chi connectivity index (χ2v) is 7.13. The fourth-order valence-electron chi connectivity index (χ4n) is 2.62. The lowest BCUT2D eigenvalue weighted by molar-refractivity contribution is 0.415. The molecule has 0 amide bonds. The van der Waals surface area contributed by atoms with E-state index in [0.29, 0.717) is 0 Å². The third-order valence-corrected chi connectivity index (χ3v) is 5.18. The van der Waals surface area contributed by atoms with Crippen molar-refractivity contribution in [1.29, 1.82) is 0 Å². The molecule has 0 unspecified atom stereocenters. The number of rotatable bonds is 8. The van der Waals surface area contributed by atoms with Crippen LogP contribution < -0.4 is 10.1 Å². The Bertz CT molecular complexity index is 778. The number of ether oxygens (including phenoxy) is 1. The average Bonchev–Trinajstić information content (AvgIpc) is 3.14. The number of methoxy groups -OCH3 is 1. The van der Waals surface area contributed by atoms with E-state index < -0.39 is 0 Å². The van der Waals surface area contributed by atoms with Crippen LogP contribution in [0.15, 0.2) is 54.7 Å². The molecule has 1 heterocycles. The van der Waals surface area contributed by atoms with Gasteiger partial charge in [0.1, 0.15) is 10.8 Å². The monoisotopic (exact) mass is 352 g/mol. The van der Waals surface area contributed by atoms with Crippen molar-refractivity contribution in [3.05, 3.63) is 65.2 Å². The highest BCUT2D eigenvalue weighted by Crippen LogP contribution is 2.27. The third kappa shape index (κ3) is 4.83. The van der Waals surface area contributed by atoms with E-state index in [2.05, 4.69) is 41.5 Å². The summed E-state index contributed by atoms with van der Waals surface area (Å²) in [5, 5.41) is 4.51. The van der Waals surface area contributed by atoms with Crippen molar-refractivity contribution in [1.82, 2.24) is 4.98 Å². The molecule has 0 aliphatic rings. The van der Waals surface area contributed by atoms with E-state index in [9.17, 15) is 0 Å². The molecule has 0 aliphatic carbocycles. The molecule has 1 aromatic heterocycles. The Morgan fingerprint density at radius 2 is 1.80 bits per heavy atom. The summed E-state index contributed by atoms with van der Waals surface area (Å²) < 4.78 is 5.20. The van der Waals surface area contributed by atoms with Gasteiger partial charge in [-0.05, 0) is 54.8 Å². The summed E-state index contributed by atoms with van der Waals surface area (Å²) in [5.41, 5.74) is 3.68. The van der Waals surface area contributed by atoms with Gasteiger partial charge in [-0.1, -0.05) is 25.5 Å². The highest BCUT2D eigenvalue weighted by molar-refractivity contribution is 7.15. The van der Waals surface area contributed by atoms with Gasteiger partial charge in [-0.3, -0.25) is 0 Å². The zero-order chi connectivity index (χ0) is 17.5. The Morgan fingerprint density at radius 3 is 2.48 bits per heavy atom. The summed E-state index contributed by atoms with van der Waals surface area (Å²) in [4.78, 5) is 5.76. The van der Waals surface area contributed by atoms with Gasteiger partial charge in [0.2, 0.25) is 0 Å². The first kappa shape index (κ1) is 17.5. The minimum atomic E-state index is 0.794. The fraction of sp³-hybridized carbons (Fsp3) is 0.286. The predicted octanol–water partition coefficient (Wildman–Crippen LogP) is 5.77. The van der Waals surface area contributed by atoms with Gasteiger partial charge in [-0.15, -0.1) is 11.3 Å². The third-order valence-electron chi connectivity index (χ3n) is 4.13. The van der Waals surface area contributed by atoms with Crippen LogP contribution in [0.5, 0.6) is 5.75 Å². The number of nitrogens with zero attached hydrogens (tertiary/aromatic N) is 1. The number of aromatic nitrogens is 1. The molecule has 2 aromatic carbocycles. The first-order valence-corrected chi connectivity index (χ1v) is 9.52. The van der Waals surface area contributed by atoms with Crippen LogP contribution in [0, 0.1) is 0 Å². The number of unbranched alkanes of at least 4 members (excludes halogenated alkanes) is 1. The van der Waals surface area contributed by atoms with Crippen LogP contribution in [0.4, 0.5) is 5.69 Å². The highest BCUT2D eigenvalue weighted by atomic mass is 32.1. The minimum absolute atomic E-state index is 0.794. The van der Waals surface area contributed by atoms with Crippen molar-refractivity contribution in [2.24, 2.45) is 0 Å². The molecule has 0 saturated heterocycles. The molecule has 0 spiro atoms. The number of anilines is 1. The number of hydrogen-bond acceptors (Lipinski definition) is 4. The van der Waals surface area contributed by atoms with Gasteiger partial charge in [-0.25, -0.2) is 4.98 Å². The second-order valence-electron chi connectivity index (χ2n) is 6.01. The topological polar surface area (TPSA) is 34.2 Å². The molecular weight excluding hydrogens is 328 g/mol. The van der Waals surface area contributed by atoms with Crippen LogP contribution in [0.3, 0.4) is 0 Å². The number of benzene rings is 2. The lowest BCUT2D eigenvalue weighted by Gasteiger charge is -2.06. The van der Waals surface area contributed by atoms with E-state index in [1.54, 1.807) is 18.4 Å². The van der Waals surface area contributed by atoms with Crippen LogP contribution in [0.2, 0.25) is 0 Å². The summed E-state index contributed by atoms with van der Waals surface area (Å²) in [7, 11) is 1.68. The Labute approximate surface area is 153 Å². The van der Waals surface area contributed by atoms with Crippen molar-refractivity contribution in [3.8, 4) is 16.3 Å². The van der Waals surface area contributed by atoms with Gasteiger partial charge in [0, 0.05) is 22.3 Å². The lowest BCUT2D eigenvalue weighted by atomic mass is 10.1. The first-order valence-electron chi connectivity index (χ1n) is 8.70. The molecule has 1 N–H and O–H groups in total. The Morgan fingerprint density at radius 1 is 1.04 bits per heavy atom. The van der Waals surface area contributed by atoms with Crippen molar-refractivity contribution in [3.63, 3.8) is 0 Å². The quantitative estimate of drug-likeness (QED) is 0.558. The van der Waals surface area contributed by atoms with Crippen LogP contribution in [0.25, 0.3) is 10.6 Å². The summed E-state index contributed by atoms with van der Waals surface area (Å²) in [5.74, 6) is 0.865. The highest BCUT2D eigenvalue weighted by Gasteiger charge is 2.05. The fourth-order valence-corrected chi connectivity index (χ4v) is 3.47. The summed E-state index contributed by atoms with van der Waals surface area (Å²) >= 11 is 1.72. The van der Waals surface area contributed by atoms with E-state index in [0.717, 1.165) is 35.0 Å². The largest absolute Gasteiger partial charge is 0.497 e. The molecule has 3 aromatic rings. The molecule has 3 nitrogen and oxygen atoms in total. The molecule has 4 heteroatoms. The molecule has 0 bridgehead atoms. The van der Waals surface area contributed by atoms with Crippen LogP contribution in [-0.2, 0) is 13.0 Å². The number of hydrogen-bond donors (Lipinski definition) is 1. The van der Waals surface area contributed by atoms with Gasteiger partial charge in [0.05, 0.1) is 13.7 Å². The Balaban J connectivity index is 1.57. The average molecular weight is 353 g/mol. The molecule has 0 fully saturated rings. The molecule has 0 aliphatic heterocycles. The molecule has 0 radical (unpaired) electrons.